The summed E-state index contributed by atoms with van der Waals surface area (Å²) >= 11 is 0. The second-order valence-corrected chi connectivity index (χ2v) is 4.62. The highest BCUT2D eigenvalue weighted by molar-refractivity contribution is 6.00. The fraction of sp³-hybridized carbons (Fsp3) is 0.429. The third-order valence-electron chi connectivity index (χ3n) is 3.11. The Hall–Kier alpha value is -2.04. The van der Waals surface area contributed by atoms with Crippen LogP contribution in [-0.4, -0.2) is 24.0 Å². The molecule has 3 N–H and O–H groups in total. The van der Waals surface area contributed by atoms with Crippen molar-refractivity contribution in [3.63, 3.8) is 0 Å². The molecule has 5 heteroatoms. The molecule has 0 radical (unpaired) electrons. The van der Waals surface area contributed by atoms with Gasteiger partial charge in [-0.25, -0.2) is 0 Å². The van der Waals surface area contributed by atoms with E-state index in [1.807, 2.05) is 13.0 Å². The first-order valence-electron chi connectivity index (χ1n) is 6.36. The Balaban J connectivity index is 2.94. The van der Waals surface area contributed by atoms with E-state index in [0.29, 0.717) is 5.56 Å². The van der Waals surface area contributed by atoms with Gasteiger partial charge in [0.25, 0.3) is 0 Å². The molecule has 104 valence electrons. The van der Waals surface area contributed by atoms with Crippen LogP contribution in [0.2, 0.25) is 0 Å². The highest BCUT2D eigenvalue weighted by atomic mass is 16.4. The number of benzene rings is 1. The molecule has 1 amide bonds. The van der Waals surface area contributed by atoms with Gasteiger partial charge in [-0.1, -0.05) is 37.6 Å². The summed E-state index contributed by atoms with van der Waals surface area (Å²) in [6.07, 6.45) is 1.84. The van der Waals surface area contributed by atoms with Crippen LogP contribution >= 0.6 is 0 Å². The number of rotatable bonds is 5. The first kappa shape index (κ1) is 15.0. The minimum absolute atomic E-state index is 0.0116. The number of carbonyl (C=O) groups is 1. The van der Waals surface area contributed by atoms with Crippen molar-refractivity contribution >= 4 is 17.4 Å². The quantitative estimate of drug-likeness (QED) is 0.370. The van der Waals surface area contributed by atoms with Crippen LogP contribution in [-0.2, 0) is 4.79 Å². The van der Waals surface area contributed by atoms with E-state index < -0.39 is 0 Å². The van der Waals surface area contributed by atoms with Crippen LogP contribution in [0, 0.1) is 5.92 Å². The lowest BCUT2D eigenvalue weighted by atomic mass is 10.0. The molecular formula is C14H21N3O2. The number of oxime groups is 1. The van der Waals surface area contributed by atoms with E-state index in [2.05, 4.69) is 12.1 Å². The van der Waals surface area contributed by atoms with Gasteiger partial charge in [-0.3, -0.25) is 4.79 Å². The molecule has 1 atom stereocenters. The molecule has 1 rings (SSSR count). The van der Waals surface area contributed by atoms with Gasteiger partial charge in [0.2, 0.25) is 5.91 Å². The minimum atomic E-state index is -0.0116. The van der Waals surface area contributed by atoms with Crippen molar-refractivity contribution in [3.8, 4) is 0 Å². The summed E-state index contributed by atoms with van der Waals surface area (Å²) in [5.74, 6) is 0.0883. The number of nitrogens with two attached hydrogens (primary N) is 1. The van der Waals surface area contributed by atoms with Crippen LogP contribution < -0.4 is 10.6 Å². The second-order valence-electron chi connectivity index (χ2n) is 4.62. The maximum atomic E-state index is 12.2. The van der Waals surface area contributed by atoms with Gasteiger partial charge < -0.3 is 15.8 Å². The SMILES string of the molecule is CCCC(C)C(=O)N(C)c1cccc(C(N)=NO)c1. The van der Waals surface area contributed by atoms with Gasteiger partial charge in [0.15, 0.2) is 5.84 Å². The van der Waals surface area contributed by atoms with E-state index in [1.54, 1.807) is 30.1 Å². The maximum absolute atomic E-state index is 12.2. The van der Waals surface area contributed by atoms with Gasteiger partial charge in [0, 0.05) is 24.2 Å². The number of carbonyl (C=O) groups excluding carboxylic acids is 1. The topological polar surface area (TPSA) is 78.9 Å². The van der Waals surface area contributed by atoms with Gasteiger partial charge in [0.05, 0.1) is 0 Å². The molecule has 0 aliphatic carbocycles. The number of nitrogens with zero attached hydrogens (tertiary/aromatic N) is 2. The molecular weight excluding hydrogens is 242 g/mol. The van der Waals surface area contributed by atoms with Gasteiger partial charge in [-0.15, -0.1) is 0 Å². The Morgan fingerprint density at radius 3 is 2.79 bits per heavy atom. The predicted molar refractivity (Wildman–Crippen MR) is 76.4 cm³/mol. The maximum Gasteiger partial charge on any atom is 0.229 e. The van der Waals surface area contributed by atoms with Gasteiger partial charge in [-0.2, -0.15) is 0 Å². The average molecular weight is 263 g/mol. The molecule has 0 saturated carbocycles. The van der Waals surface area contributed by atoms with E-state index in [4.69, 9.17) is 10.9 Å². The van der Waals surface area contributed by atoms with E-state index in [-0.39, 0.29) is 17.7 Å². The second kappa shape index (κ2) is 6.78. The molecule has 0 spiro atoms. The number of amides is 1. The Labute approximate surface area is 113 Å². The van der Waals surface area contributed by atoms with Crippen molar-refractivity contribution < 1.29 is 10.0 Å². The summed E-state index contributed by atoms with van der Waals surface area (Å²) in [6.45, 7) is 3.98. The number of anilines is 1. The summed E-state index contributed by atoms with van der Waals surface area (Å²) < 4.78 is 0. The van der Waals surface area contributed by atoms with Crippen LogP contribution in [0.4, 0.5) is 5.69 Å². The average Bonchev–Trinajstić information content (AvgIpc) is 2.45. The fourth-order valence-electron chi connectivity index (χ4n) is 1.95. The Bertz CT molecular complexity index is 472. The van der Waals surface area contributed by atoms with E-state index in [0.717, 1.165) is 18.5 Å². The smallest absolute Gasteiger partial charge is 0.229 e. The predicted octanol–water partition coefficient (Wildman–Crippen LogP) is 2.18. The Kier molecular flexibility index (Phi) is 5.36. The standard InChI is InChI=1S/C14H21N3O2/c1-4-6-10(2)14(18)17(3)12-8-5-7-11(9-12)13(15)16-19/h5,7-10,19H,4,6H2,1-3H3,(H2,15,16). The zero-order valence-electron chi connectivity index (χ0n) is 11.6. The van der Waals surface area contributed by atoms with Crippen molar-refractivity contribution in [2.45, 2.75) is 26.7 Å². The summed E-state index contributed by atoms with van der Waals surface area (Å²) in [6, 6.07) is 7.06. The molecule has 0 heterocycles. The van der Waals surface area contributed by atoms with Crippen molar-refractivity contribution in [2.75, 3.05) is 11.9 Å². The van der Waals surface area contributed by atoms with Crippen LogP contribution in [0.15, 0.2) is 29.4 Å². The Morgan fingerprint density at radius 2 is 2.21 bits per heavy atom. The first-order valence-corrected chi connectivity index (χ1v) is 6.36. The van der Waals surface area contributed by atoms with E-state index >= 15 is 0 Å². The summed E-state index contributed by atoms with van der Waals surface area (Å²) in [5.41, 5.74) is 6.86. The normalized spacial score (nSPS) is 13.1. The lowest BCUT2D eigenvalue weighted by Crippen LogP contribution is -2.31. The van der Waals surface area contributed by atoms with Crippen LogP contribution in [0.1, 0.15) is 32.3 Å². The Morgan fingerprint density at radius 1 is 1.53 bits per heavy atom. The third kappa shape index (κ3) is 3.71. The van der Waals surface area contributed by atoms with Crippen LogP contribution in [0.3, 0.4) is 0 Å². The lowest BCUT2D eigenvalue weighted by Gasteiger charge is -2.21. The minimum Gasteiger partial charge on any atom is -0.409 e. The van der Waals surface area contributed by atoms with Crippen molar-refractivity contribution in [3.05, 3.63) is 29.8 Å². The highest BCUT2D eigenvalue weighted by Crippen LogP contribution is 2.18. The molecule has 1 aromatic rings. The molecule has 0 aliphatic rings. The van der Waals surface area contributed by atoms with Crippen molar-refractivity contribution in [2.24, 2.45) is 16.8 Å². The van der Waals surface area contributed by atoms with Gasteiger partial charge in [-0.05, 0) is 18.6 Å². The molecule has 0 bridgehead atoms. The molecule has 19 heavy (non-hydrogen) atoms. The number of amidine groups is 1. The summed E-state index contributed by atoms with van der Waals surface area (Å²) in [5, 5.41) is 11.6. The molecule has 0 saturated heterocycles. The third-order valence-corrected chi connectivity index (χ3v) is 3.11. The first-order chi connectivity index (χ1) is 9.01. The van der Waals surface area contributed by atoms with Crippen LogP contribution in [0.5, 0.6) is 0 Å². The fourth-order valence-corrected chi connectivity index (χ4v) is 1.95. The van der Waals surface area contributed by atoms with Crippen molar-refractivity contribution in [1.29, 1.82) is 0 Å². The van der Waals surface area contributed by atoms with Crippen molar-refractivity contribution in [1.82, 2.24) is 0 Å². The molecule has 0 aliphatic heterocycles. The molecule has 0 aromatic heterocycles. The molecule has 5 nitrogen and oxygen atoms in total. The van der Waals surface area contributed by atoms with Crippen LogP contribution in [0.25, 0.3) is 0 Å². The summed E-state index contributed by atoms with van der Waals surface area (Å²) in [4.78, 5) is 13.8. The molecule has 1 unspecified atom stereocenters. The molecule has 1 aromatic carbocycles. The number of hydrogen-bond acceptors (Lipinski definition) is 3. The van der Waals surface area contributed by atoms with Gasteiger partial charge in [0.1, 0.15) is 0 Å². The number of hydrogen-bond donors (Lipinski definition) is 2. The van der Waals surface area contributed by atoms with E-state index in [9.17, 15) is 4.79 Å². The molecule has 0 fully saturated rings. The zero-order valence-corrected chi connectivity index (χ0v) is 11.6. The monoisotopic (exact) mass is 263 g/mol. The highest BCUT2D eigenvalue weighted by Gasteiger charge is 2.18. The zero-order chi connectivity index (χ0) is 14.4. The lowest BCUT2D eigenvalue weighted by molar-refractivity contribution is -0.121. The van der Waals surface area contributed by atoms with E-state index in [1.165, 1.54) is 0 Å². The largest absolute Gasteiger partial charge is 0.409 e. The summed E-state index contributed by atoms with van der Waals surface area (Å²) in [7, 11) is 1.74. The van der Waals surface area contributed by atoms with Gasteiger partial charge >= 0.3 is 0 Å².